The number of ether oxygens (including phenoxy) is 3. The Morgan fingerprint density at radius 3 is 1.90 bits per heavy atom. The Morgan fingerprint density at radius 2 is 1.46 bits per heavy atom. The van der Waals surface area contributed by atoms with E-state index in [-0.39, 0.29) is 12.5 Å². The topological polar surface area (TPSA) is 85.3 Å². The minimum atomic E-state index is -1.36. The number of aliphatic hydroxyl groups is 1. The van der Waals surface area contributed by atoms with Gasteiger partial charge in [0.2, 0.25) is 5.91 Å². The van der Waals surface area contributed by atoms with E-state index in [9.17, 15) is 14.7 Å². The van der Waals surface area contributed by atoms with Gasteiger partial charge in [-0.1, -0.05) is 66.2 Å². The monoisotopic (exact) mass is 565 g/mol. The summed E-state index contributed by atoms with van der Waals surface area (Å²) in [5.74, 6) is -1.81. The highest BCUT2D eigenvalue weighted by atomic mass is 16.5. The third kappa shape index (κ3) is 9.25. The zero-order chi connectivity index (χ0) is 29.9. The maximum atomic E-state index is 13.3. The van der Waals surface area contributed by atoms with Crippen molar-refractivity contribution in [2.24, 2.45) is 17.3 Å². The molecule has 1 aliphatic carbocycles. The molecule has 1 amide bonds. The van der Waals surface area contributed by atoms with Gasteiger partial charge < -0.3 is 24.2 Å². The SMILES string of the molecule is CCOC(=O)C(C1CC(COCc2ccccc2)(COCc2ccccc2)C/C1=C\C(=O)N(CC)CC)C(C)(C)O. The molecule has 2 aromatic rings. The van der Waals surface area contributed by atoms with E-state index >= 15 is 0 Å². The molecule has 0 bridgehead atoms. The van der Waals surface area contributed by atoms with Crippen molar-refractivity contribution in [2.75, 3.05) is 32.9 Å². The molecule has 0 saturated heterocycles. The van der Waals surface area contributed by atoms with Crippen LogP contribution in [-0.4, -0.2) is 60.4 Å². The van der Waals surface area contributed by atoms with Crippen LogP contribution in [0, 0.1) is 17.3 Å². The molecule has 3 rings (SSSR count). The fourth-order valence-electron chi connectivity index (χ4n) is 5.87. The standard InChI is InChI=1S/C34H47NO6/c1-6-35(7-2)30(36)19-28-20-34(24-39-22-26-15-11-9-12-16-26,25-40-23-27-17-13-10-14-18-27)21-29(28)31(33(4,5)38)32(37)41-8-3/h9-19,29,31,38H,6-8,20-25H2,1-5H3/b28-19+. The van der Waals surface area contributed by atoms with E-state index in [2.05, 4.69) is 0 Å². The molecule has 0 aliphatic heterocycles. The highest BCUT2D eigenvalue weighted by Gasteiger charge is 2.51. The fraction of sp³-hybridized carbons (Fsp3) is 0.529. The number of carbonyl (C=O) groups is 2. The quantitative estimate of drug-likeness (QED) is 0.225. The Hall–Kier alpha value is -3.00. The van der Waals surface area contributed by atoms with Crippen molar-refractivity contribution in [1.82, 2.24) is 4.90 Å². The van der Waals surface area contributed by atoms with Gasteiger partial charge in [0.25, 0.3) is 0 Å². The second kappa shape index (κ2) is 15.3. The molecule has 0 spiro atoms. The van der Waals surface area contributed by atoms with Gasteiger partial charge in [0, 0.05) is 24.6 Å². The molecule has 224 valence electrons. The lowest BCUT2D eigenvalue weighted by Crippen LogP contribution is -2.43. The first kappa shape index (κ1) is 32.5. The lowest BCUT2D eigenvalue weighted by atomic mass is 9.76. The van der Waals surface area contributed by atoms with Crippen molar-refractivity contribution in [2.45, 2.75) is 66.3 Å². The summed E-state index contributed by atoms with van der Waals surface area (Å²) in [5, 5.41) is 11.2. The number of benzene rings is 2. The van der Waals surface area contributed by atoms with E-state index in [1.807, 2.05) is 74.5 Å². The molecule has 7 heteroatoms. The molecule has 0 aromatic heterocycles. The number of hydrogen-bond acceptors (Lipinski definition) is 6. The van der Waals surface area contributed by atoms with Gasteiger partial charge >= 0.3 is 5.97 Å². The molecule has 2 unspecified atom stereocenters. The van der Waals surface area contributed by atoms with Crippen molar-refractivity contribution in [1.29, 1.82) is 0 Å². The number of amides is 1. The Morgan fingerprint density at radius 1 is 0.951 bits per heavy atom. The van der Waals surface area contributed by atoms with Crippen LogP contribution in [-0.2, 0) is 37.0 Å². The van der Waals surface area contributed by atoms with Crippen LogP contribution in [0.4, 0.5) is 0 Å². The molecule has 2 atom stereocenters. The van der Waals surface area contributed by atoms with Crippen LogP contribution in [0.2, 0.25) is 0 Å². The first-order chi connectivity index (χ1) is 19.6. The van der Waals surface area contributed by atoms with E-state index in [1.165, 1.54) is 0 Å². The first-order valence-electron chi connectivity index (χ1n) is 14.7. The molecular weight excluding hydrogens is 518 g/mol. The molecule has 41 heavy (non-hydrogen) atoms. The van der Waals surface area contributed by atoms with Crippen molar-refractivity contribution in [3.05, 3.63) is 83.4 Å². The van der Waals surface area contributed by atoms with Gasteiger partial charge in [-0.15, -0.1) is 0 Å². The number of carbonyl (C=O) groups excluding carboxylic acids is 2. The molecule has 1 N–H and O–H groups in total. The maximum Gasteiger partial charge on any atom is 0.312 e. The zero-order valence-electron chi connectivity index (χ0n) is 25.3. The van der Waals surface area contributed by atoms with Gasteiger partial charge in [0.15, 0.2) is 0 Å². The van der Waals surface area contributed by atoms with Crippen LogP contribution in [0.1, 0.15) is 58.6 Å². The summed E-state index contributed by atoms with van der Waals surface area (Å²) < 4.78 is 18.0. The number of hydrogen-bond donors (Lipinski definition) is 1. The largest absolute Gasteiger partial charge is 0.466 e. The summed E-state index contributed by atoms with van der Waals surface area (Å²) >= 11 is 0. The predicted molar refractivity (Wildman–Crippen MR) is 160 cm³/mol. The zero-order valence-corrected chi connectivity index (χ0v) is 25.3. The Labute approximate surface area is 245 Å². The van der Waals surface area contributed by atoms with E-state index in [1.54, 1.807) is 31.7 Å². The van der Waals surface area contributed by atoms with Crippen molar-refractivity contribution >= 4 is 11.9 Å². The summed E-state index contributed by atoms with van der Waals surface area (Å²) in [4.78, 5) is 28.3. The predicted octanol–water partition coefficient (Wildman–Crippen LogP) is 5.56. The molecule has 2 aromatic carbocycles. The minimum absolute atomic E-state index is 0.0976. The number of allylic oxidation sites excluding steroid dienone is 1. The van der Waals surface area contributed by atoms with Crippen LogP contribution in [0.5, 0.6) is 0 Å². The second-order valence-corrected chi connectivity index (χ2v) is 11.6. The van der Waals surface area contributed by atoms with Crippen molar-refractivity contribution in [3.8, 4) is 0 Å². The summed E-state index contributed by atoms with van der Waals surface area (Å²) in [7, 11) is 0. The number of esters is 1. The molecule has 1 aliphatic rings. The third-order valence-electron chi connectivity index (χ3n) is 7.84. The van der Waals surface area contributed by atoms with E-state index < -0.39 is 28.8 Å². The van der Waals surface area contributed by atoms with Gasteiger partial charge in [0.1, 0.15) is 0 Å². The average molecular weight is 566 g/mol. The Bertz CT molecular complexity index is 1080. The van der Waals surface area contributed by atoms with Crippen molar-refractivity contribution in [3.63, 3.8) is 0 Å². The third-order valence-corrected chi connectivity index (χ3v) is 7.84. The molecule has 7 nitrogen and oxygen atoms in total. The molecular formula is C34H47NO6. The summed E-state index contributed by atoms with van der Waals surface area (Å²) in [6.07, 6.45) is 2.70. The van der Waals surface area contributed by atoms with Crippen LogP contribution in [0.3, 0.4) is 0 Å². The van der Waals surface area contributed by atoms with E-state index in [4.69, 9.17) is 14.2 Å². The highest BCUT2D eigenvalue weighted by molar-refractivity contribution is 5.88. The molecule has 0 heterocycles. The second-order valence-electron chi connectivity index (χ2n) is 11.6. The fourth-order valence-corrected chi connectivity index (χ4v) is 5.87. The summed E-state index contributed by atoms with van der Waals surface area (Å²) in [6.45, 7) is 11.9. The summed E-state index contributed by atoms with van der Waals surface area (Å²) in [6, 6.07) is 20.0. The van der Waals surface area contributed by atoms with Crippen LogP contribution < -0.4 is 0 Å². The smallest absolute Gasteiger partial charge is 0.312 e. The Kier molecular flexibility index (Phi) is 12.1. The Balaban J connectivity index is 1.96. The van der Waals surface area contributed by atoms with Crippen molar-refractivity contribution < 1.29 is 28.9 Å². The molecule has 0 radical (unpaired) electrons. The molecule has 1 fully saturated rings. The number of rotatable bonds is 15. The van der Waals surface area contributed by atoms with E-state index in [0.717, 1.165) is 16.7 Å². The van der Waals surface area contributed by atoms with Gasteiger partial charge in [-0.3, -0.25) is 9.59 Å². The highest BCUT2D eigenvalue weighted by Crippen LogP contribution is 2.51. The van der Waals surface area contributed by atoms with Gasteiger partial charge in [-0.25, -0.2) is 0 Å². The minimum Gasteiger partial charge on any atom is -0.466 e. The van der Waals surface area contributed by atoms with Gasteiger partial charge in [-0.2, -0.15) is 0 Å². The van der Waals surface area contributed by atoms with E-state index in [0.29, 0.717) is 52.4 Å². The number of nitrogens with zero attached hydrogens (tertiary/aromatic N) is 1. The lowest BCUT2D eigenvalue weighted by molar-refractivity contribution is -0.159. The average Bonchev–Trinajstić information content (AvgIpc) is 3.27. The molecule has 1 saturated carbocycles. The van der Waals surface area contributed by atoms with Crippen LogP contribution in [0.25, 0.3) is 0 Å². The van der Waals surface area contributed by atoms with Gasteiger partial charge in [0.05, 0.1) is 44.6 Å². The van der Waals surface area contributed by atoms with Crippen LogP contribution >= 0.6 is 0 Å². The summed E-state index contributed by atoms with van der Waals surface area (Å²) in [5.41, 5.74) is 1.10. The maximum absolute atomic E-state index is 13.3. The lowest BCUT2D eigenvalue weighted by Gasteiger charge is -2.34. The van der Waals surface area contributed by atoms with Gasteiger partial charge in [-0.05, 0) is 64.5 Å². The number of likely N-dealkylation sites (N-methyl/N-ethyl adjacent to an activating group) is 1. The first-order valence-corrected chi connectivity index (χ1v) is 14.7. The van der Waals surface area contributed by atoms with Crippen LogP contribution in [0.15, 0.2) is 72.3 Å². The normalized spacial score (nSPS) is 18.3.